The highest BCUT2D eigenvalue weighted by Crippen LogP contribution is 2.30. The van der Waals surface area contributed by atoms with Gasteiger partial charge in [-0.15, -0.1) is 11.3 Å². The standard InChI is InChI=1S/C23H25N3O4S2/c1-30-20-11-8-18(16-21(20)32(28,29)26-13-4-2-3-5-14-26)22(27)25-19-9-6-17(7-10-19)23-24-12-15-31-23/h6-12,15-16H,2-5,13-14H2,1H3,(H,25,27). The predicted octanol–water partition coefficient (Wildman–Crippen LogP) is 4.64. The number of sulfonamides is 1. The fourth-order valence-corrected chi connectivity index (χ4v) is 6.05. The van der Waals surface area contributed by atoms with E-state index in [-0.39, 0.29) is 22.1 Å². The van der Waals surface area contributed by atoms with Crippen LogP contribution in [0.2, 0.25) is 0 Å². The second kappa shape index (κ2) is 9.81. The van der Waals surface area contributed by atoms with Crippen LogP contribution in [-0.2, 0) is 10.0 Å². The molecule has 1 N–H and O–H groups in total. The lowest BCUT2D eigenvalue weighted by Gasteiger charge is -2.21. The Morgan fingerprint density at radius 1 is 1.06 bits per heavy atom. The van der Waals surface area contributed by atoms with Crippen molar-refractivity contribution in [1.82, 2.24) is 9.29 Å². The summed E-state index contributed by atoms with van der Waals surface area (Å²) in [6.07, 6.45) is 5.45. The lowest BCUT2D eigenvalue weighted by atomic mass is 10.2. The molecule has 0 saturated carbocycles. The van der Waals surface area contributed by atoms with Gasteiger partial charge in [0, 0.05) is 41.5 Å². The maximum atomic E-state index is 13.3. The molecule has 9 heteroatoms. The van der Waals surface area contributed by atoms with Crippen molar-refractivity contribution in [3.8, 4) is 16.3 Å². The Bertz CT molecular complexity index is 1170. The predicted molar refractivity (Wildman–Crippen MR) is 126 cm³/mol. The van der Waals surface area contributed by atoms with Gasteiger partial charge in [0.05, 0.1) is 7.11 Å². The second-order valence-corrected chi connectivity index (χ2v) is 10.4. The summed E-state index contributed by atoms with van der Waals surface area (Å²) >= 11 is 1.54. The first-order chi connectivity index (χ1) is 15.5. The van der Waals surface area contributed by atoms with Gasteiger partial charge < -0.3 is 10.1 Å². The summed E-state index contributed by atoms with van der Waals surface area (Å²) in [7, 11) is -2.33. The second-order valence-electron chi connectivity index (χ2n) is 7.55. The Kier molecular flexibility index (Phi) is 6.88. The van der Waals surface area contributed by atoms with Gasteiger partial charge in [-0.25, -0.2) is 13.4 Å². The lowest BCUT2D eigenvalue weighted by Crippen LogP contribution is -2.32. The van der Waals surface area contributed by atoms with E-state index < -0.39 is 10.0 Å². The molecule has 1 amide bonds. The number of aromatic nitrogens is 1. The number of carbonyl (C=O) groups is 1. The maximum absolute atomic E-state index is 13.3. The number of nitrogens with zero attached hydrogens (tertiary/aromatic N) is 2. The highest BCUT2D eigenvalue weighted by molar-refractivity contribution is 7.89. The van der Waals surface area contributed by atoms with Gasteiger partial charge in [-0.05, 0) is 55.3 Å². The molecule has 2 aromatic carbocycles. The number of ether oxygens (including phenoxy) is 1. The van der Waals surface area contributed by atoms with Crippen LogP contribution in [0.15, 0.2) is 58.9 Å². The van der Waals surface area contributed by atoms with Crippen LogP contribution in [-0.4, -0.2) is 43.8 Å². The molecular weight excluding hydrogens is 446 g/mol. The molecule has 2 heterocycles. The zero-order valence-electron chi connectivity index (χ0n) is 17.8. The van der Waals surface area contributed by atoms with E-state index in [0.29, 0.717) is 18.8 Å². The number of benzene rings is 2. The molecule has 1 aliphatic rings. The Morgan fingerprint density at radius 3 is 2.41 bits per heavy atom. The highest BCUT2D eigenvalue weighted by Gasteiger charge is 2.29. The minimum Gasteiger partial charge on any atom is -0.495 e. The number of methoxy groups -OCH3 is 1. The third-order valence-corrected chi connectivity index (χ3v) is 8.17. The van der Waals surface area contributed by atoms with Crippen molar-refractivity contribution >= 4 is 33.0 Å². The first-order valence-electron chi connectivity index (χ1n) is 10.5. The highest BCUT2D eigenvalue weighted by atomic mass is 32.2. The van der Waals surface area contributed by atoms with Gasteiger partial charge in [-0.3, -0.25) is 4.79 Å². The van der Waals surface area contributed by atoms with Crippen molar-refractivity contribution in [1.29, 1.82) is 0 Å². The molecule has 3 aromatic rings. The fourth-order valence-electron chi connectivity index (χ4n) is 3.71. The number of carbonyl (C=O) groups excluding carboxylic acids is 1. The number of thiazole rings is 1. The molecule has 1 aliphatic heterocycles. The summed E-state index contributed by atoms with van der Waals surface area (Å²) in [6.45, 7) is 0.959. The van der Waals surface area contributed by atoms with Gasteiger partial charge >= 0.3 is 0 Å². The van der Waals surface area contributed by atoms with Crippen molar-refractivity contribution in [3.63, 3.8) is 0 Å². The normalized spacial score (nSPS) is 15.2. The van der Waals surface area contributed by atoms with Gasteiger partial charge in [0.1, 0.15) is 15.7 Å². The van der Waals surface area contributed by atoms with Crippen LogP contribution in [0.3, 0.4) is 0 Å². The number of rotatable bonds is 6. The summed E-state index contributed by atoms with van der Waals surface area (Å²) in [5, 5.41) is 5.64. The molecule has 0 bridgehead atoms. The van der Waals surface area contributed by atoms with Gasteiger partial charge in [0.25, 0.3) is 5.91 Å². The number of amides is 1. The molecule has 7 nitrogen and oxygen atoms in total. The van der Waals surface area contributed by atoms with Crippen LogP contribution >= 0.6 is 11.3 Å². The lowest BCUT2D eigenvalue weighted by molar-refractivity contribution is 0.102. The van der Waals surface area contributed by atoms with Crippen LogP contribution in [0.1, 0.15) is 36.0 Å². The zero-order valence-corrected chi connectivity index (χ0v) is 19.4. The molecule has 0 unspecified atom stereocenters. The van der Waals surface area contributed by atoms with E-state index >= 15 is 0 Å². The monoisotopic (exact) mass is 471 g/mol. The molecule has 4 rings (SSSR count). The largest absolute Gasteiger partial charge is 0.495 e. The zero-order chi connectivity index (χ0) is 22.6. The minimum atomic E-state index is -3.77. The average molecular weight is 472 g/mol. The third kappa shape index (κ3) is 4.85. The fraction of sp³-hybridized carbons (Fsp3) is 0.304. The SMILES string of the molecule is COc1ccc(C(=O)Nc2ccc(-c3nccs3)cc2)cc1S(=O)(=O)N1CCCCCC1. The van der Waals surface area contributed by atoms with Crippen molar-refractivity contribution in [2.45, 2.75) is 30.6 Å². The maximum Gasteiger partial charge on any atom is 0.255 e. The van der Waals surface area contributed by atoms with Crippen LogP contribution < -0.4 is 10.1 Å². The molecule has 168 valence electrons. The van der Waals surface area contributed by atoms with Crippen LogP contribution in [0.25, 0.3) is 10.6 Å². The van der Waals surface area contributed by atoms with Gasteiger partial charge in [0.2, 0.25) is 10.0 Å². The molecule has 32 heavy (non-hydrogen) atoms. The quantitative estimate of drug-likeness (QED) is 0.566. The number of hydrogen-bond donors (Lipinski definition) is 1. The van der Waals surface area contributed by atoms with Crippen molar-refractivity contribution in [3.05, 3.63) is 59.6 Å². The summed E-state index contributed by atoms with van der Waals surface area (Å²) in [5.41, 5.74) is 1.83. The molecule has 1 fully saturated rings. The molecule has 1 aromatic heterocycles. The molecule has 0 radical (unpaired) electrons. The minimum absolute atomic E-state index is 0.0219. The van der Waals surface area contributed by atoms with E-state index in [2.05, 4.69) is 10.3 Å². The van der Waals surface area contributed by atoms with Crippen LogP contribution in [0, 0.1) is 0 Å². The first-order valence-corrected chi connectivity index (χ1v) is 12.8. The van der Waals surface area contributed by atoms with E-state index in [1.165, 1.54) is 23.5 Å². The Balaban J connectivity index is 1.56. The topological polar surface area (TPSA) is 88.6 Å². The van der Waals surface area contributed by atoms with E-state index in [9.17, 15) is 13.2 Å². The summed E-state index contributed by atoms with van der Waals surface area (Å²) in [5.74, 6) is -0.152. The number of nitrogens with one attached hydrogen (secondary N) is 1. The van der Waals surface area contributed by atoms with Crippen LogP contribution in [0.5, 0.6) is 5.75 Å². The van der Waals surface area contributed by atoms with Gasteiger partial charge in [-0.2, -0.15) is 4.31 Å². The smallest absolute Gasteiger partial charge is 0.255 e. The van der Waals surface area contributed by atoms with Gasteiger partial charge in [-0.1, -0.05) is 12.8 Å². The summed E-state index contributed by atoms with van der Waals surface area (Å²) in [4.78, 5) is 17.2. The average Bonchev–Trinajstić information content (AvgIpc) is 3.20. The van der Waals surface area contributed by atoms with E-state index in [1.54, 1.807) is 35.7 Å². The van der Waals surface area contributed by atoms with Gasteiger partial charge in [0.15, 0.2) is 0 Å². The molecule has 1 saturated heterocycles. The van der Waals surface area contributed by atoms with Crippen molar-refractivity contribution < 1.29 is 17.9 Å². The van der Waals surface area contributed by atoms with E-state index in [0.717, 1.165) is 36.3 Å². The third-order valence-electron chi connectivity index (χ3n) is 5.43. The summed E-state index contributed by atoms with van der Waals surface area (Å²) < 4.78 is 33.4. The Morgan fingerprint density at radius 2 is 1.78 bits per heavy atom. The molecule has 0 atom stereocenters. The molecule has 0 spiro atoms. The Labute approximate surface area is 192 Å². The molecular formula is C23H25N3O4S2. The van der Waals surface area contributed by atoms with E-state index in [1.807, 2.05) is 17.5 Å². The summed E-state index contributed by atoms with van der Waals surface area (Å²) in [6, 6.07) is 11.9. The Hall–Kier alpha value is -2.75. The van der Waals surface area contributed by atoms with Crippen molar-refractivity contribution in [2.75, 3.05) is 25.5 Å². The number of hydrogen-bond acceptors (Lipinski definition) is 6. The molecule has 0 aliphatic carbocycles. The first kappa shape index (κ1) is 22.4. The number of anilines is 1. The van der Waals surface area contributed by atoms with Crippen LogP contribution in [0.4, 0.5) is 5.69 Å². The van der Waals surface area contributed by atoms with E-state index in [4.69, 9.17) is 4.74 Å². The van der Waals surface area contributed by atoms with Crippen molar-refractivity contribution in [2.24, 2.45) is 0 Å².